The molecule has 2 amide bonds. The molecule has 2 atom stereocenters. The molecule has 1 rings (SSSR count). The van der Waals surface area contributed by atoms with Crippen LogP contribution in [0.4, 0.5) is 10.5 Å². The second kappa shape index (κ2) is 6.58. The number of nitrogens with one attached hydrogen (secondary N) is 1. The number of nitrogens with two attached hydrogens (primary N) is 1. The Kier molecular flexibility index (Phi) is 5.40. The van der Waals surface area contributed by atoms with Gasteiger partial charge in [0.05, 0.1) is 6.10 Å². The normalized spacial score (nSPS) is 14.1. The highest BCUT2D eigenvalue weighted by Gasteiger charge is 2.17. The van der Waals surface area contributed by atoms with Gasteiger partial charge < -0.3 is 21.3 Å². The molecular formula is C11H15BrN2O3. The summed E-state index contributed by atoms with van der Waals surface area (Å²) in [5, 5.41) is 22.5. The average molecular weight is 303 g/mol. The summed E-state index contributed by atoms with van der Waals surface area (Å²) in [5.41, 5.74) is 6.10. The number of primary amides is 1. The van der Waals surface area contributed by atoms with Crippen molar-refractivity contribution in [1.29, 1.82) is 0 Å². The van der Waals surface area contributed by atoms with E-state index in [4.69, 9.17) is 5.73 Å². The number of halogens is 1. The van der Waals surface area contributed by atoms with Crippen molar-refractivity contribution < 1.29 is 15.0 Å². The molecule has 0 bridgehead atoms. The Hall–Kier alpha value is -1.11. The molecule has 1 aromatic carbocycles. The third kappa shape index (κ3) is 4.33. The van der Waals surface area contributed by atoms with Crippen LogP contribution in [0.15, 0.2) is 24.3 Å². The summed E-state index contributed by atoms with van der Waals surface area (Å²) < 4.78 is 0. The van der Waals surface area contributed by atoms with Gasteiger partial charge in [0.2, 0.25) is 0 Å². The van der Waals surface area contributed by atoms with Crippen LogP contribution in [0.1, 0.15) is 18.1 Å². The van der Waals surface area contributed by atoms with Crippen LogP contribution < -0.4 is 11.1 Å². The molecule has 2 unspecified atom stereocenters. The van der Waals surface area contributed by atoms with Crippen LogP contribution in [0.3, 0.4) is 0 Å². The summed E-state index contributed by atoms with van der Waals surface area (Å²) in [4.78, 5) is 10.6. The first-order valence-electron chi connectivity index (χ1n) is 5.13. The predicted molar refractivity (Wildman–Crippen MR) is 69.0 cm³/mol. The predicted octanol–water partition coefficient (Wildman–Crippen LogP) is 1.36. The summed E-state index contributed by atoms with van der Waals surface area (Å²) in [7, 11) is 0. The monoisotopic (exact) mass is 302 g/mol. The van der Waals surface area contributed by atoms with Crippen molar-refractivity contribution in [3.63, 3.8) is 0 Å². The molecule has 0 fully saturated rings. The van der Waals surface area contributed by atoms with Crippen molar-refractivity contribution in [2.45, 2.75) is 18.6 Å². The van der Waals surface area contributed by atoms with Crippen LogP contribution in [0.25, 0.3) is 0 Å². The number of benzene rings is 1. The topological polar surface area (TPSA) is 95.6 Å². The molecule has 94 valence electrons. The van der Waals surface area contributed by atoms with Crippen molar-refractivity contribution in [3.05, 3.63) is 29.8 Å². The van der Waals surface area contributed by atoms with E-state index < -0.39 is 18.2 Å². The average Bonchev–Trinajstić information content (AvgIpc) is 2.28. The van der Waals surface area contributed by atoms with Crippen LogP contribution >= 0.6 is 15.9 Å². The number of hydrogen-bond acceptors (Lipinski definition) is 3. The Morgan fingerprint density at radius 2 is 1.94 bits per heavy atom. The van der Waals surface area contributed by atoms with E-state index in [1.165, 1.54) is 0 Å². The number of aliphatic hydroxyl groups is 2. The lowest BCUT2D eigenvalue weighted by Crippen LogP contribution is -2.20. The van der Waals surface area contributed by atoms with Crippen LogP contribution in [-0.4, -0.2) is 27.7 Å². The standard InChI is InChI=1S/C11H15BrN2O3/c12-6-5-9(15)10(16)7-1-3-8(4-2-7)14-11(13)17/h1-4,9-10,15-16H,5-6H2,(H3,13,14,17). The summed E-state index contributed by atoms with van der Waals surface area (Å²) >= 11 is 3.20. The zero-order chi connectivity index (χ0) is 12.8. The van der Waals surface area contributed by atoms with E-state index in [-0.39, 0.29) is 0 Å². The molecule has 0 radical (unpaired) electrons. The van der Waals surface area contributed by atoms with Crippen LogP contribution in [0.5, 0.6) is 0 Å². The van der Waals surface area contributed by atoms with Crippen LogP contribution in [-0.2, 0) is 0 Å². The van der Waals surface area contributed by atoms with E-state index in [0.29, 0.717) is 23.0 Å². The minimum absolute atomic E-state index is 0.461. The fraction of sp³-hybridized carbons (Fsp3) is 0.364. The highest BCUT2D eigenvalue weighted by molar-refractivity contribution is 9.09. The maximum absolute atomic E-state index is 10.6. The van der Waals surface area contributed by atoms with E-state index in [1.54, 1.807) is 24.3 Å². The smallest absolute Gasteiger partial charge is 0.316 e. The number of aliphatic hydroxyl groups excluding tert-OH is 2. The molecule has 0 spiro atoms. The molecule has 0 aliphatic carbocycles. The molecule has 5 N–H and O–H groups in total. The lowest BCUT2D eigenvalue weighted by molar-refractivity contribution is 0.0174. The van der Waals surface area contributed by atoms with Gasteiger partial charge in [0.1, 0.15) is 6.10 Å². The zero-order valence-electron chi connectivity index (χ0n) is 9.14. The van der Waals surface area contributed by atoms with E-state index in [0.717, 1.165) is 0 Å². The number of alkyl halides is 1. The molecule has 0 heterocycles. The number of hydrogen-bond donors (Lipinski definition) is 4. The van der Waals surface area contributed by atoms with Gasteiger partial charge in [-0.05, 0) is 24.1 Å². The summed E-state index contributed by atoms with van der Waals surface area (Å²) in [6.07, 6.45) is -1.29. The molecule has 0 saturated carbocycles. The zero-order valence-corrected chi connectivity index (χ0v) is 10.7. The van der Waals surface area contributed by atoms with Gasteiger partial charge in [0.15, 0.2) is 0 Å². The molecule has 0 aromatic heterocycles. The van der Waals surface area contributed by atoms with Crippen molar-refractivity contribution in [2.24, 2.45) is 5.73 Å². The second-order valence-electron chi connectivity index (χ2n) is 3.60. The molecule has 0 saturated heterocycles. The van der Waals surface area contributed by atoms with Gasteiger partial charge in [0, 0.05) is 11.0 Å². The molecule has 0 aliphatic heterocycles. The third-order valence-corrected chi connectivity index (χ3v) is 2.75. The van der Waals surface area contributed by atoms with E-state index >= 15 is 0 Å². The van der Waals surface area contributed by atoms with Crippen molar-refractivity contribution in [2.75, 3.05) is 10.6 Å². The first kappa shape index (κ1) is 14.0. The lowest BCUT2D eigenvalue weighted by Gasteiger charge is -2.17. The quantitative estimate of drug-likeness (QED) is 0.618. The van der Waals surface area contributed by atoms with Gasteiger partial charge in [-0.1, -0.05) is 28.1 Å². The van der Waals surface area contributed by atoms with Crippen LogP contribution in [0, 0.1) is 0 Å². The number of anilines is 1. The van der Waals surface area contributed by atoms with Gasteiger partial charge in [0.25, 0.3) is 0 Å². The van der Waals surface area contributed by atoms with Crippen LogP contribution in [0.2, 0.25) is 0 Å². The SMILES string of the molecule is NC(=O)Nc1ccc(C(O)C(O)CCBr)cc1. The van der Waals surface area contributed by atoms with Gasteiger partial charge in [-0.3, -0.25) is 0 Å². The van der Waals surface area contributed by atoms with Crippen molar-refractivity contribution in [1.82, 2.24) is 0 Å². The molecule has 0 aliphatic rings. The largest absolute Gasteiger partial charge is 0.390 e. The van der Waals surface area contributed by atoms with E-state index in [2.05, 4.69) is 21.2 Å². The number of carbonyl (C=O) groups is 1. The highest BCUT2D eigenvalue weighted by Crippen LogP contribution is 2.21. The molecule has 1 aromatic rings. The molecule has 6 heteroatoms. The maximum Gasteiger partial charge on any atom is 0.316 e. The first-order chi connectivity index (χ1) is 8.04. The summed E-state index contributed by atoms with van der Waals surface area (Å²) in [5.74, 6) is 0. The Bertz CT molecular complexity index is 369. The van der Waals surface area contributed by atoms with Gasteiger partial charge in [-0.25, -0.2) is 4.79 Å². The minimum Gasteiger partial charge on any atom is -0.390 e. The molecular weight excluding hydrogens is 288 g/mol. The first-order valence-corrected chi connectivity index (χ1v) is 6.25. The minimum atomic E-state index is -0.935. The number of amides is 2. The van der Waals surface area contributed by atoms with E-state index in [9.17, 15) is 15.0 Å². The summed E-state index contributed by atoms with van der Waals surface area (Å²) in [6, 6.07) is 5.85. The van der Waals surface area contributed by atoms with Crippen molar-refractivity contribution >= 4 is 27.6 Å². The fourth-order valence-corrected chi connectivity index (χ4v) is 1.87. The Balaban J connectivity index is 2.69. The third-order valence-electron chi connectivity index (χ3n) is 2.29. The highest BCUT2D eigenvalue weighted by atomic mass is 79.9. The maximum atomic E-state index is 10.6. The fourth-order valence-electron chi connectivity index (χ4n) is 1.40. The summed E-state index contributed by atoms with van der Waals surface area (Å²) in [6.45, 7) is 0. The van der Waals surface area contributed by atoms with Gasteiger partial charge in [-0.2, -0.15) is 0 Å². The van der Waals surface area contributed by atoms with E-state index in [1.807, 2.05) is 0 Å². The van der Waals surface area contributed by atoms with Gasteiger partial charge >= 0.3 is 6.03 Å². The second-order valence-corrected chi connectivity index (χ2v) is 4.39. The number of carbonyl (C=O) groups excluding carboxylic acids is 1. The lowest BCUT2D eigenvalue weighted by atomic mass is 10.0. The van der Waals surface area contributed by atoms with Gasteiger partial charge in [-0.15, -0.1) is 0 Å². The number of rotatable bonds is 5. The Morgan fingerprint density at radius 1 is 1.35 bits per heavy atom. The number of urea groups is 1. The molecule has 17 heavy (non-hydrogen) atoms. The molecule has 5 nitrogen and oxygen atoms in total. The van der Waals surface area contributed by atoms with Crippen molar-refractivity contribution in [3.8, 4) is 0 Å². The Labute approximate surface area is 108 Å². The Morgan fingerprint density at radius 3 is 2.41 bits per heavy atom.